The van der Waals surface area contributed by atoms with Crippen LogP contribution in [0.4, 0.5) is 0 Å². The highest BCUT2D eigenvalue weighted by atomic mass is 32.2. The molecular formula is C9H13N3O5S2. The second kappa shape index (κ2) is 5.04. The van der Waals surface area contributed by atoms with Gasteiger partial charge in [0.2, 0.25) is 5.03 Å². The molecule has 0 amide bonds. The minimum atomic E-state index is -4.15. The van der Waals surface area contributed by atoms with Gasteiger partial charge in [0.15, 0.2) is 5.75 Å². The molecule has 0 aliphatic carbocycles. The standard InChI is InChI=1S/C9H13N3O5S2/c10-18(13,14)9-8(4-3-5-11-9)17-19(15,16)12-6-1-2-7-12/h3-5H,1-2,6-7H2,(H2,10,13,14). The number of rotatable bonds is 4. The van der Waals surface area contributed by atoms with Crippen molar-refractivity contribution in [1.82, 2.24) is 9.29 Å². The molecule has 2 heterocycles. The van der Waals surface area contributed by atoms with Crippen LogP contribution in [0, 0.1) is 0 Å². The molecule has 106 valence electrons. The topological polar surface area (TPSA) is 120 Å². The monoisotopic (exact) mass is 307 g/mol. The summed E-state index contributed by atoms with van der Waals surface area (Å²) in [5.74, 6) is -0.392. The van der Waals surface area contributed by atoms with E-state index in [0.29, 0.717) is 13.1 Å². The summed E-state index contributed by atoms with van der Waals surface area (Å²) in [6.07, 6.45) is 2.68. The van der Waals surface area contributed by atoms with Crippen molar-refractivity contribution in [2.45, 2.75) is 17.9 Å². The van der Waals surface area contributed by atoms with Crippen LogP contribution in [0.1, 0.15) is 12.8 Å². The third-order valence-electron chi connectivity index (χ3n) is 2.58. The Kier molecular flexibility index (Phi) is 3.76. The van der Waals surface area contributed by atoms with Gasteiger partial charge in [-0.2, -0.15) is 12.7 Å². The number of pyridine rings is 1. The Morgan fingerprint density at radius 2 is 1.84 bits per heavy atom. The molecule has 0 saturated carbocycles. The molecule has 0 spiro atoms. The zero-order valence-corrected chi connectivity index (χ0v) is 11.5. The Labute approximate surface area is 111 Å². The maximum absolute atomic E-state index is 11.9. The molecule has 1 aromatic rings. The van der Waals surface area contributed by atoms with Crippen molar-refractivity contribution in [3.05, 3.63) is 18.3 Å². The predicted molar refractivity (Wildman–Crippen MR) is 66.0 cm³/mol. The van der Waals surface area contributed by atoms with Gasteiger partial charge in [0.1, 0.15) is 0 Å². The van der Waals surface area contributed by atoms with Gasteiger partial charge in [-0.15, -0.1) is 0 Å². The number of nitrogens with zero attached hydrogens (tertiary/aromatic N) is 2. The highest BCUT2D eigenvalue weighted by molar-refractivity contribution is 7.89. The van der Waals surface area contributed by atoms with Crippen molar-refractivity contribution in [3.63, 3.8) is 0 Å². The zero-order chi connectivity index (χ0) is 14.1. The molecule has 10 heteroatoms. The van der Waals surface area contributed by atoms with E-state index in [1.165, 1.54) is 18.3 Å². The Hall–Kier alpha value is -1.23. The van der Waals surface area contributed by atoms with Crippen molar-refractivity contribution in [1.29, 1.82) is 0 Å². The van der Waals surface area contributed by atoms with Crippen molar-refractivity contribution < 1.29 is 21.0 Å². The summed E-state index contributed by atoms with van der Waals surface area (Å²) in [7, 11) is -8.17. The van der Waals surface area contributed by atoms with Gasteiger partial charge < -0.3 is 4.18 Å². The van der Waals surface area contributed by atoms with E-state index in [-0.39, 0.29) is 0 Å². The molecular weight excluding hydrogens is 294 g/mol. The number of hydrogen-bond acceptors (Lipinski definition) is 6. The van der Waals surface area contributed by atoms with Crippen molar-refractivity contribution in [2.24, 2.45) is 5.14 Å². The van der Waals surface area contributed by atoms with Gasteiger partial charge in [0.05, 0.1) is 0 Å². The van der Waals surface area contributed by atoms with E-state index >= 15 is 0 Å². The molecule has 1 fully saturated rings. The summed E-state index contributed by atoms with van der Waals surface area (Å²) in [5, 5.41) is 4.35. The molecule has 0 radical (unpaired) electrons. The minimum Gasteiger partial charge on any atom is -0.368 e. The molecule has 0 aromatic carbocycles. The SMILES string of the molecule is NS(=O)(=O)c1ncccc1OS(=O)(=O)N1CCCC1. The van der Waals surface area contributed by atoms with Crippen molar-refractivity contribution >= 4 is 20.3 Å². The van der Waals surface area contributed by atoms with Crippen molar-refractivity contribution in [3.8, 4) is 5.75 Å². The number of sulfonamides is 1. The lowest BCUT2D eigenvalue weighted by atomic mass is 10.4. The molecule has 2 N–H and O–H groups in total. The van der Waals surface area contributed by atoms with Gasteiger partial charge in [0, 0.05) is 19.3 Å². The van der Waals surface area contributed by atoms with E-state index in [9.17, 15) is 16.8 Å². The van der Waals surface area contributed by atoms with E-state index in [1.807, 2.05) is 0 Å². The van der Waals surface area contributed by atoms with Crippen LogP contribution >= 0.6 is 0 Å². The lowest BCUT2D eigenvalue weighted by Crippen LogP contribution is -2.32. The third-order valence-corrected chi connectivity index (χ3v) is 4.82. The van der Waals surface area contributed by atoms with E-state index < -0.39 is 31.1 Å². The summed E-state index contributed by atoms with van der Waals surface area (Å²) in [4.78, 5) is 3.54. The zero-order valence-electron chi connectivity index (χ0n) is 9.89. The second-order valence-electron chi connectivity index (χ2n) is 4.00. The van der Waals surface area contributed by atoms with Crippen LogP contribution in [0.15, 0.2) is 23.4 Å². The highest BCUT2D eigenvalue weighted by Crippen LogP contribution is 2.23. The molecule has 0 unspecified atom stereocenters. The van der Waals surface area contributed by atoms with Gasteiger partial charge >= 0.3 is 10.3 Å². The first-order chi connectivity index (χ1) is 8.81. The van der Waals surface area contributed by atoms with Gasteiger partial charge in [-0.1, -0.05) is 0 Å². The quantitative estimate of drug-likeness (QED) is 0.797. The average molecular weight is 307 g/mol. The fourth-order valence-electron chi connectivity index (χ4n) is 1.73. The maximum Gasteiger partial charge on any atom is 0.385 e. The maximum atomic E-state index is 11.9. The number of aromatic nitrogens is 1. The predicted octanol–water partition coefficient (Wildman–Crippen LogP) is -0.552. The first kappa shape index (κ1) is 14.2. The largest absolute Gasteiger partial charge is 0.385 e. The van der Waals surface area contributed by atoms with Gasteiger partial charge in [-0.25, -0.2) is 18.5 Å². The third kappa shape index (κ3) is 3.21. The summed E-state index contributed by atoms with van der Waals surface area (Å²) >= 11 is 0. The van der Waals surface area contributed by atoms with Crippen LogP contribution in [0.2, 0.25) is 0 Å². The van der Waals surface area contributed by atoms with Crippen LogP contribution < -0.4 is 9.32 Å². The first-order valence-electron chi connectivity index (χ1n) is 5.48. The Morgan fingerprint density at radius 1 is 1.21 bits per heavy atom. The fourth-order valence-corrected chi connectivity index (χ4v) is 3.55. The summed E-state index contributed by atoms with van der Waals surface area (Å²) in [6.45, 7) is 0.709. The van der Waals surface area contributed by atoms with E-state index in [0.717, 1.165) is 17.1 Å². The van der Waals surface area contributed by atoms with Gasteiger partial charge in [-0.3, -0.25) is 0 Å². The molecule has 8 nitrogen and oxygen atoms in total. The second-order valence-corrected chi connectivity index (χ2v) is 7.01. The fraction of sp³-hybridized carbons (Fsp3) is 0.444. The van der Waals surface area contributed by atoms with Crippen LogP contribution in [0.3, 0.4) is 0 Å². The average Bonchev–Trinajstić information content (AvgIpc) is 2.81. The van der Waals surface area contributed by atoms with Gasteiger partial charge in [-0.05, 0) is 25.0 Å². The smallest absolute Gasteiger partial charge is 0.368 e. The molecule has 19 heavy (non-hydrogen) atoms. The normalized spacial score (nSPS) is 17.5. The molecule has 0 atom stereocenters. The van der Waals surface area contributed by atoms with E-state index in [4.69, 9.17) is 9.32 Å². The highest BCUT2D eigenvalue weighted by Gasteiger charge is 2.29. The molecule has 1 aliphatic rings. The van der Waals surface area contributed by atoms with Crippen LogP contribution in [-0.2, 0) is 20.3 Å². The Bertz CT molecular complexity index is 665. The first-order valence-corrected chi connectivity index (χ1v) is 8.39. The Morgan fingerprint density at radius 3 is 2.42 bits per heavy atom. The van der Waals surface area contributed by atoms with Crippen LogP contribution in [0.25, 0.3) is 0 Å². The Balaban J connectivity index is 2.34. The number of primary sulfonamides is 1. The lowest BCUT2D eigenvalue weighted by Gasteiger charge is -2.16. The van der Waals surface area contributed by atoms with Crippen molar-refractivity contribution in [2.75, 3.05) is 13.1 Å². The van der Waals surface area contributed by atoms with E-state index in [2.05, 4.69) is 4.98 Å². The van der Waals surface area contributed by atoms with Gasteiger partial charge in [0.25, 0.3) is 10.0 Å². The molecule has 1 saturated heterocycles. The van der Waals surface area contributed by atoms with E-state index in [1.54, 1.807) is 0 Å². The summed E-state index contributed by atoms with van der Waals surface area (Å²) in [6, 6.07) is 2.56. The minimum absolute atomic E-state index is 0.354. The summed E-state index contributed by atoms with van der Waals surface area (Å²) in [5.41, 5.74) is 0. The molecule has 0 bridgehead atoms. The number of hydrogen-bond donors (Lipinski definition) is 1. The summed E-state index contributed by atoms with van der Waals surface area (Å²) < 4.78 is 52.4. The molecule has 2 rings (SSSR count). The van der Waals surface area contributed by atoms with Crippen LogP contribution in [0.5, 0.6) is 5.75 Å². The molecule has 1 aliphatic heterocycles. The molecule has 1 aromatic heterocycles. The lowest BCUT2D eigenvalue weighted by molar-refractivity contribution is 0.390. The number of nitrogens with two attached hydrogens (primary N) is 1. The van der Waals surface area contributed by atoms with Crippen LogP contribution in [-0.4, -0.2) is 39.2 Å².